The van der Waals surface area contributed by atoms with Gasteiger partial charge in [-0.05, 0) is 93.0 Å². The van der Waals surface area contributed by atoms with Crippen molar-refractivity contribution in [3.63, 3.8) is 0 Å². The quantitative estimate of drug-likeness (QED) is 0.172. The molecule has 12 rings (SSSR count). The van der Waals surface area contributed by atoms with Gasteiger partial charge in [0.25, 0.3) is 0 Å². The lowest BCUT2D eigenvalue weighted by atomic mass is 9.88. The highest BCUT2D eigenvalue weighted by atomic mass is 32.1. The van der Waals surface area contributed by atoms with Crippen LogP contribution in [0.3, 0.4) is 0 Å². The summed E-state index contributed by atoms with van der Waals surface area (Å²) in [6, 6.07) is 59.9. The molecule has 0 spiro atoms. The van der Waals surface area contributed by atoms with Crippen LogP contribution in [0.4, 0.5) is 0 Å². The van der Waals surface area contributed by atoms with E-state index in [1.165, 1.54) is 96.5 Å². The Balaban J connectivity index is 1.20. The van der Waals surface area contributed by atoms with Gasteiger partial charge in [0.05, 0.1) is 11.0 Å². The maximum Gasteiger partial charge on any atom is 0.136 e. The van der Waals surface area contributed by atoms with Crippen LogP contribution in [0.1, 0.15) is 0 Å². The molecule has 3 heteroatoms. The molecule has 0 amide bonds. The molecule has 0 atom stereocenters. The number of benzene rings is 9. The Kier molecular flexibility index (Phi) is 5.41. The number of aromatic nitrogens is 1. The number of furan rings is 1. The van der Waals surface area contributed by atoms with Crippen LogP contribution in [0.25, 0.3) is 113 Å². The van der Waals surface area contributed by atoms with E-state index in [1.54, 1.807) is 0 Å². The van der Waals surface area contributed by atoms with Gasteiger partial charge in [0.15, 0.2) is 0 Å². The molecule has 3 aromatic heterocycles. The first-order chi connectivity index (χ1) is 25.3. The molecule has 236 valence electrons. The van der Waals surface area contributed by atoms with Crippen LogP contribution in [0.5, 0.6) is 0 Å². The Bertz CT molecular complexity index is 3360. The zero-order valence-corrected chi connectivity index (χ0v) is 28.2. The number of thiophene rings is 1. The molecule has 0 N–H and O–H groups in total. The molecule has 0 aliphatic heterocycles. The van der Waals surface area contributed by atoms with E-state index < -0.39 is 0 Å². The average Bonchev–Trinajstić information content (AvgIpc) is 3.87. The van der Waals surface area contributed by atoms with Crippen molar-refractivity contribution >= 4 is 96.8 Å². The van der Waals surface area contributed by atoms with Gasteiger partial charge in [0.2, 0.25) is 0 Å². The third kappa shape index (κ3) is 3.71. The number of fused-ring (bicyclic) bond motifs is 10. The predicted molar refractivity (Wildman–Crippen MR) is 218 cm³/mol. The molecular formula is C48H27NOS. The van der Waals surface area contributed by atoms with Crippen LogP contribution in [0.15, 0.2) is 168 Å². The molecule has 2 nitrogen and oxygen atoms in total. The molecule has 0 aliphatic carbocycles. The maximum atomic E-state index is 6.49. The van der Waals surface area contributed by atoms with Crippen molar-refractivity contribution in [3.8, 4) is 27.9 Å². The molecule has 0 bridgehead atoms. The number of hydrogen-bond donors (Lipinski definition) is 0. The summed E-state index contributed by atoms with van der Waals surface area (Å²) in [5.41, 5.74) is 10.4. The molecule has 0 saturated carbocycles. The summed E-state index contributed by atoms with van der Waals surface area (Å²) in [7, 11) is 0. The Morgan fingerprint density at radius 1 is 0.392 bits per heavy atom. The van der Waals surface area contributed by atoms with Crippen LogP contribution >= 0.6 is 11.3 Å². The molecule has 9 aromatic carbocycles. The highest BCUT2D eigenvalue weighted by Crippen LogP contribution is 2.51. The lowest BCUT2D eigenvalue weighted by molar-refractivity contribution is 0.669. The van der Waals surface area contributed by atoms with Crippen molar-refractivity contribution in [1.82, 2.24) is 4.57 Å². The molecule has 12 aromatic rings. The van der Waals surface area contributed by atoms with Crippen molar-refractivity contribution < 1.29 is 4.42 Å². The van der Waals surface area contributed by atoms with Crippen molar-refractivity contribution in [2.45, 2.75) is 0 Å². The monoisotopic (exact) mass is 665 g/mol. The molecule has 0 saturated heterocycles. The number of nitrogens with zero attached hydrogens (tertiary/aromatic N) is 1. The van der Waals surface area contributed by atoms with Gasteiger partial charge in [-0.1, -0.05) is 109 Å². The minimum absolute atomic E-state index is 0.944. The molecule has 0 fully saturated rings. The van der Waals surface area contributed by atoms with Gasteiger partial charge in [0, 0.05) is 52.8 Å². The van der Waals surface area contributed by atoms with E-state index in [2.05, 4.69) is 168 Å². The van der Waals surface area contributed by atoms with Gasteiger partial charge in [-0.15, -0.1) is 11.3 Å². The first-order valence-corrected chi connectivity index (χ1v) is 18.2. The molecule has 0 unspecified atom stereocenters. The minimum atomic E-state index is 0.944. The second kappa shape index (κ2) is 10.1. The Hall–Kier alpha value is -6.42. The fraction of sp³-hybridized carbons (Fsp3) is 0. The Morgan fingerprint density at radius 3 is 1.90 bits per heavy atom. The Morgan fingerprint density at radius 2 is 1.06 bits per heavy atom. The van der Waals surface area contributed by atoms with E-state index in [-0.39, 0.29) is 0 Å². The normalized spacial score (nSPS) is 12.3. The summed E-state index contributed by atoms with van der Waals surface area (Å²) in [6.07, 6.45) is 0. The Labute approximate surface area is 296 Å². The first-order valence-electron chi connectivity index (χ1n) is 17.4. The summed E-state index contributed by atoms with van der Waals surface area (Å²) in [5, 5.41) is 12.7. The summed E-state index contributed by atoms with van der Waals surface area (Å²) in [6.45, 7) is 0. The van der Waals surface area contributed by atoms with Gasteiger partial charge in [0.1, 0.15) is 11.2 Å². The lowest BCUT2D eigenvalue weighted by Crippen LogP contribution is -1.94. The van der Waals surface area contributed by atoms with Gasteiger partial charge >= 0.3 is 0 Å². The summed E-state index contributed by atoms with van der Waals surface area (Å²) >= 11 is 1.90. The smallest absolute Gasteiger partial charge is 0.136 e. The summed E-state index contributed by atoms with van der Waals surface area (Å²) in [5.74, 6) is 0. The van der Waals surface area contributed by atoms with Crippen LogP contribution < -0.4 is 0 Å². The van der Waals surface area contributed by atoms with Crippen LogP contribution in [-0.2, 0) is 0 Å². The minimum Gasteiger partial charge on any atom is -0.456 e. The molecular weight excluding hydrogens is 639 g/mol. The molecule has 0 radical (unpaired) electrons. The second-order valence-corrected chi connectivity index (χ2v) is 14.7. The SMILES string of the molecule is c1ccc(-c2cccc(-n3c4ccccc4c4cc(-c5cc6c7ccccc7sc6c6c7cccc8oc9cccc(c56)c9c87)ccc43)c2)cc1. The van der Waals surface area contributed by atoms with Crippen molar-refractivity contribution in [2.75, 3.05) is 0 Å². The van der Waals surface area contributed by atoms with E-state index in [0.717, 1.165) is 16.9 Å². The highest BCUT2D eigenvalue weighted by Gasteiger charge is 2.23. The van der Waals surface area contributed by atoms with E-state index in [1.807, 2.05) is 11.3 Å². The van der Waals surface area contributed by atoms with Crippen molar-refractivity contribution in [1.29, 1.82) is 0 Å². The third-order valence-electron chi connectivity index (χ3n) is 10.9. The van der Waals surface area contributed by atoms with Gasteiger partial charge in [-0.25, -0.2) is 0 Å². The number of rotatable bonds is 3. The average molecular weight is 666 g/mol. The van der Waals surface area contributed by atoms with Crippen LogP contribution in [0, 0.1) is 0 Å². The topological polar surface area (TPSA) is 18.1 Å². The summed E-state index contributed by atoms with van der Waals surface area (Å²) < 4.78 is 11.6. The molecule has 51 heavy (non-hydrogen) atoms. The van der Waals surface area contributed by atoms with Crippen LogP contribution in [-0.4, -0.2) is 4.57 Å². The number of para-hydroxylation sites is 1. The van der Waals surface area contributed by atoms with E-state index in [4.69, 9.17) is 4.42 Å². The standard InChI is InChI=1S/C48H27NOS/c1-2-11-28(12-3-1)29-13-8-14-31(25-29)49-39-19-6-4-15-32(39)37-26-30(23-24-40(37)49)36-27-38-33-16-5-7-22-43(33)51-48(38)47-35-18-10-21-42-46(35)45-34(44(36)47)17-9-20-41(45)50-42/h1-27H. The second-order valence-electron chi connectivity index (χ2n) is 13.6. The number of hydrogen-bond acceptors (Lipinski definition) is 2. The fourth-order valence-electron chi connectivity index (χ4n) is 8.78. The largest absolute Gasteiger partial charge is 0.456 e. The third-order valence-corrected chi connectivity index (χ3v) is 12.1. The molecule has 0 aliphatic rings. The maximum absolute atomic E-state index is 6.49. The zero-order valence-electron chi connectivity index (χ0n) is 27.4. The van der Waals surface area contributed by atoms with E-state index in [0.29, 0.717) is 0 Å². The van der Waals surface area contributed by atoms with E-state index in [9.17, 15) is 0 Å². The van der Waals surface area contributed by atoms with Crippen molar-refractivity contribution in [2.24, 2.45) is 0 Å². The predicted octanol–water partition coefficient (Wildman–Crippen LogP) is 14.1. The summed E-state index contributed by atoms with van der Waals surface area (Å²) in [4.78, 5) is 0. The van der Waals surface area contributed by atoms with Crippen molar-refractivity contribution in [3.05, 3.63) is 164 Å². The van der Waals surface area contributed by atoms with Crippen LogP contribution in [0.2, 0.25) is 0 Å². The first kappa shape index (κ1) is 27.4. The fourth-order valence-corrected chi connectivity index (χ4v) is 10.0. The van der Waals surface area contributed by atoms with E-state index >= 15 is 0 Å². The van der Waals surface area contributed by atoms with Gasteiger partial charge in [-0.3, -0.25) is 0 Å². The van der Waals surface area contributed by atoms with Gasteiger partial charge < -0.3 is 8.98 Å². The zero-order chi connectivity index (χ0) is 33.2. The van der Waals surface area contributed by atoms with Gasteiger partial charge in [-0.2, -0.15) is 0 Å². The lowest BCUT2D eigenvalue weighted by Gasteiger charge is -2.15. The molecule has 3 heterocycles. The highest BCUT2D eigenvalue weighted by molar-refractivity contribution is 7.26.